The molecule has 3 nitrogen and oxygen atoms in total. The number of hydrogen-bond acceptors (Lipinski definition) is 3. The summed E-state index contributed by atoms with van der Waals surface area (Å²) in [6.07, 6.45) is -16.3. The maximum Gasteiger partial charge on any atom is 0.460 e. The van der Waals surface area contributed by atoms with Gasteiger partial charge in [-0.3, -0.25) is 0 Å². The van der Waals surface area contributed by atoms with Gasteiger partial charge in [-0.2, -0.15) is 57.1 Å². The molecule has 26 heavy (non-hydrogen) atoms. The van der Waals surface area contributed by atoms with E-state index in [4.69, 9.17) is 10.2 Å². The van der Waals surface area contributed by atoms with Crippen molar-refractivity contribution in [3.63, 3.8) is 0 Å². The predicted molar refractivity (Wildman–Crippen MR) is 54.4 cm³/mol. The minimum atomic E-state index is -8.00. The van der Waals surface area contributed by atoms with Gasteiger partial charge in [-0.15, -0.1) is 0 Å². The summed E-state index contributed by atoms with van der Waals surface area (Å²) in [5.41, 5.74) is 0. The molecule has 2 unspecified atom stereocenters. The number of methoxy groups -OCH3 is 1. The lowest BCUT2D eigenvalue weighted by Gasteiger charge is -2.40. The van der Waals surface area contributed by atoms with Gasteiger partial charge in [0.1, 0.15) is 6.10 Å². The summed E-state index contributed by atoms with van der Waals surface area (Å²) in [7, 11) is 0.497. The number of halogens is 13. The van der Waals surface area contributed by atoms with Crippen molar-refractivity contribution >= 4 is 0 Å². The molecule has 0 spiro atoms. The van der Waals surface area contributed by atoms with Gasteiger partial charge >= 0.3 is 35.8 Å². The largest absolute Gasteiger partial charge is 0.460 e. The van der Waals surface area contributed by atoms with Crippen LogP contribution in [0.1, 0.15) is 6.42 Å². The first kappa shape index (κ1) is 25.0. The summed E-state index contributed by atoms with van der Waals surface area (Å²) in [5.74, 6) is -37.7. The molecule has 16 heteroatoms. The molecule has 0 rings (SSSR count). The fourth-order valence-corrected chi connectivity index (χ4v) is 1.45. The van der Waals surface area contributed by atoms with Gasteiger partial charge in [-0.25, -0.2) is 0 Å². The number of aliphatic hydroxyl groups is 2. The number of rotatable bonds is 8. The van der Waals surface area contributed by atoms with Crippen molar-refractivity contribution in [2.24, 2.45) is 0 Å². The van der Waals surface area contributed by atoms with Crippen LogP contribution in [-0.2, 0) is 4.74 Å². The Balaban J connectivity index is 6.08. The van der Waals surface area contributed by atoms with Gasteiger partial charge in [0.15, 0.2) is 6.29 Å². The Bertz CT molecular complexity index is 487. The van der Waals surface area contributed by atoms with Crippen LogP contribution in [0.4, 0.5) is 57.1 Å². The summed E-state index contributed by atoms with van der Waals surface area (Å²) in [6, 6.07) is 0. The van der Waals surface area contributed by atoms with Crippen molar-refractivity contribution in [3.05, 3.63) is 0 Å². The summed E-state index contributed by atoms with van der Waals surface area (Å²) in [6.45, 7) is 0. The van der Waals surface area contributed by atoms with E-state index in [2.05, 4.69) is 4.74 Å². The molecule has 0 aromatic rings. The van der Waals surface area contributed by atoms with Crippen LogP contribution in [0.15, 0.2) is 0 Å². The molecule has 2 atom stereocenters. The zero-order chi connectivity index (χ0) is 21.6. The first-order valence-electron chi connectivity index (χ1n) is 5.96. The van der Waals surface area contributed by atoms with Gasteiger partial charge in [0.25, 0.3) is 0 Å². The van der Waals surface area contributed by atoms with E-state index in [0.29, 0.717) is 7.11 Å². The maximum atomic E-state index is 13.2. The van der Waals surface area contributed by atoms with Gasteiger partial charge in [0.05, 0.1) is 0 Å². The van der Waals surface area contributed by atoms with Crippen LogP contribution < -0.4 is 0 Å². The van der Waals surface area contributed by atoms with Crippen LogP contribution in [0.5, 0.6) is 0 Å². The highest BCUT2D eigenvalue weighted by Crippen LogP contribution is 2.60. The van der Waals surface area contributed by atoms with E-state index < -0.39 is 54.6 Å². The Morgan fingerprint density at radius 2 is 1.00 bits per heavy atom. The molecule has 158 valence electrons. The van der Waals surface area contributed by atoms with Crippen molar-refractivity contribution in [1.82, 2.24) is 0 Å². The smallest absolute Gasteiger partial charge is 0.388 e. The maximum absolute atomic E-state index is 13.2. The summed E-state index contributed by atoms with van der Waals surface area (Å²) < 4.78 is 169. The van der Waals surface area contributed by atoms with Gasteiger partial charge in [-0.1, -0.05) is 0 Å². The van der Waals surface area contributed by atoms with Crippen LogP contribution in [0, 0.1) is 0 Å². The lowest BCUT2D eigenvalue weighted by Crippen LogP contribution is -2.70. The van der Waals surface area contributed by atoms with Crippen molar-refractivity contribution in [2.45, 2.75) is 54.6 Å². The van der Waals surface area contributed by atoms with Crippen molar-refractivity contribution in [2.75, 3.05) is 7.11 Å². The van der Waals surface area contributed by atoms with Gasteiger partial charge in [0, 0.05) is 13.5 Å². The molecule has 0 aliphatic carbocycles. The Kier molecular flexibility index (Phi) is 6.58. The molecule has 0 aliphatic heterocycles. The molecule has 0 radical (unpaired) electrons. The molecular weight excluding hydrogens is 415 g/mol. The summed E-state index contributed by atoms with van der Waals surface area (Å²) in [4.78, 5) is 0. The van der Waals surface area contributed by atoms with Crippen LogP contribution >= 0.6 is 0 Å². The molecular formula is C10H9F13O3. The van der Waals surface area contributed by atoms with E-state index in [-0.39, 0.29) is 0 Å². The van der Waals surface area contributed by atoms with E-state index in [1.807, 2.05) is 0 Å². The summed E-state index contributed by atoms with van der Waals surface area (Å²) >= 11 is 0. The topological polar surface area (TPSA) is 49.7 Å². The normalized spacial score (nSPS) is 18.0. The zero-order valence-electron chi connectivity index (χ0n) is 12.1. The van der Waals surface area contributed by atoms with Gasteiger partial charge in [-0.05, 0) is 0 Å². The monoisotopic (exact) mass is 424 g/mol. The third-order valence-corrected chi connectivity index (χ3v) is 3.03. The lowest BCUT2D eigenvalue weighted by atomic mass is 9.91. The predicted octanol–water partition coefficient (Wildman–Crippen LogP) is 3.44. The van der Waals surface area contributed by atoms with Crippen LogP contribution in [0.3, 0.4) is 0 Å². The standard InChI is InChI=1S/C10H9F13O3/c1-26-4(25)3(24)2-5(11,12)6(13,14)7(15,16)8(17,18)9(19,20)10(21,22)23/h3-4,24-25H,2H2,1H3. The highest BCUT2D eigenvalue weighted by atomic mass is 19.4. The number of aliphatic hydroxyl groups excluding tert-OH is 2. The minimum absolute atomic E-state index is 0.497. The molecule has 0 aromatic carbocycles. The Morgan fingerprint density at radius 1 is 0.654 bits per heavy atom. The van der Waals surface area contributed by atoms with Crippen LogP contribution in [0.25, 0.3) is 0 Å². The number of ether oxygens (including phenoxy) is 1. The highest BCUT2D eigenvalue weighted by molar-refractivity contribution is 5.10. The number of alkyl halides is 13. The molecule has 0 fully saturated rings. The fourth-order valence-electron chi connectivity index (χ4n) is 1.45. The lowest BCUT2D eigenvalue weighted by molar-refractivity contribution is -0.441. The fraction of sp³-hybridized carbons (Fsp3) is 1.00. The Labute approximate surface area is 135 Å². The molecule has 0 aromatic heterocycles. The quantitative estimate of drug-likeness (QED) is 0.464. The van der Waals surface area contributed by atoms with E-state index >= 15 is 0 Å². The van der Waals surface area contributed by atoms with E-state index in [1.165, 1.54) is 0 Å². The second-order valence-electron chi connectivity index (χ2n) is 4.90. The molecule has 0 saturated carbocycles. The second kappa shape index (κ2) is 6.85. The summed E-state index contributed by atoms with van der Waals surface area (Å²) in [5, 5.41) is 17.5. The molecule has 0 bridgehead atoms. The highest BCUT2D eigenvalue weighted by Gasteiger charge is 2.90. The van der Waals surface area contributed by atoms with Crippen molar-refractivity contribution in [3.8, 4) is 0 Å². The Hall–Kier alpha value is -1.03. The van der Waals surface area contributed by atoms with Gasteiger partial charge in [0.2, 0.25) is 0 Å². The van der Waals surface area contributed by atoms with E-state index in [0.717, 1.165) is 0 Å². The number of hydrogen-bond donors (Lipinski definition) is 2. The average Bonchev–Trinajstić information content (AvgIpc) is 2.43. The third-order valence-electron chi connectivity index (χ3n) is 3.03. The molecule has 0 aliphatic rings. The van der Waals surface area contributed by atoms with E-state index in [1.54, 1.807) is 0 Å². The van der Waals surface area contributed by atoms with E-state index in [9.17, 15) is 57.1 Å². The van der Waals surface area contributed by atoms with Gasteiger partial charge < -0.3 is 14.9 Å². The van der Waals surface area contributed by atoms with Crippen LogP contribution in [-0.4, -0.2) is 65.5 Å². The Morgan fingerprint density at radius 3 is 1.31 bits per heavy atom. The van der Waals surface area contributed by atoms with Crippen LogP contribution in [0.2, 0.25) is 0 Å². The van der Waals surface area contributed by atoms with Crippen molar-refractivity contribution in [1.29, 1.82) is 0 Å². The first-order chi connectivity index (χ1) is 11.1. The molecule has 0 heterocycles. The molecule has 0 amide bonds. The minimum Gasteiger partial charge on any atom is -0.388 e. The second-order valence-corrected chi connectivity index (χ2v) is 4.90. The molecule has 0 saturated heterocycles. The molecule has 2 N–H and O–H groups in total. The average molecular weight is 424 g/mol. The SMILES string of the molecule is COC(O)C(O)CC(F)(F)C(F)(F)C(F)(F)C(F)(F)C(F)(F)C(F)(F)F. The third kappa shape index (κ3) is 3.67. The first-order valence-corrected chi connectivity index (χ1v) is 5.96. The van der Waals surface area contributed by atoms with Crippen molar-refractivity contribution < 1.29 is 72.0 Å². The zero-order valence-corrected chi connectivity index (χ0v) is 12.1.